The van der Waals surface area contributed by atoms with Crippen LogP contribution in [-0.2, 0) is 17.9 Å². The van der Waals surface area contributed by atoms with E-state index < -0.39 is 11.9 Å². The van der Waals surface area contributed by atoms with Gasteiger partial charge in [-0.15, -0.1) is 0 Å². The number of halogens is 2. The van der Waals surface area contributed by atoms with Crippen LogP contribution in [0.1, 0.15) is 39.6 Å². The fraction of sp³-hybridized carbons (Fsp3) is 0.174. The third-order valence-corrected chi connectivity index (χ3v) is 5.10. The Morgan fingerprint density at radius 2 is 1.80 bits per heavy atom. The monoisotopic (exact) mass is 407 g/mol. The van der Waals surface area contributed by atoms with Crippen LogP contribution in [0.25, 0.3) is 0 Å². The largest absolute Gasteiger partial charge is 0.352 e. The molecule has 7 heteroatoms. The summed E-state index contributed by atoms with van der Waals surface area (Å²) in [6.45, 7) is 0.278. The number of hydrogen-bond acceptors (Lipinski definition) is 3. The van der Waals surface area contributed by atoms with Crippen LogP contribution in [0, 0.1) is 11.6 Å². The minimum atomic E-state index is -0.556. The summed E-state index contributed by atoms with van der Waals surface area (Å²) in [4.78, 5) is 31.4. The van der Waals surface area contributed by atoms with E-state index in [1.165, 1.54) is 18.2 Å². The molecule has 1 aliphatic heterocycles. The predicted molar refractivity (Wildman–Crippen MR) is 106 cm³/mol. The SMILES string of the molecule is O=C(C[C@H]1c2ncccc2C(=O)N1Cc1ccc(F)cc1)NCc1ccccc1F. The molecule has 1 atom stereocenters. The third-order valence-electron chi connectivity index (χ3n) is 5.10. The van der Waals surface area contributed by atoms with Crippen LogP contribution in [0.4, 0.5) is 8.78 Å². The van der Waals surface area contributed by atoms with E-state index in [0.717, 1.165) is 5.56 Å². The molecule has 1 N–H and O–H groups in total. The van der Waals surface area contributed by atoms with E-state index in [2.05, 4.69) is 10.3 Å². The number of fused-ring (bicyclic) bond motifs is 1. The van der Waals surface area contributed by atoms with Gasteiger partial charge in [0.2, 0.25) is 5.91 Å². The van der Waals surface area contributed by atoms with Gasteiger partial charge in [-0.3, -0.25) is 14.6 Å². The van der Waals surface area contributed by atoms with Crippen LogP contribution in [0.3, 0.4) is 0 Å². The van der Waals surface area contributed by atoms with Crippen LogP contribution < -0.4 is 5.32 Å². The van der Waals surface area contributed by atoms with Crippen molar-refractivity contribution < 1.29 is 18.4 Å². The molecule has 30 heavy (non-hydrogen) atoms. The van der Waals surface area contributed by atoms with E-state index in [4.69, 9.17) is 0 Å². The summed E-state index contributed by atoms with van der Waals surface area (Å²) in [6, 6.07) is 14.9. The number of hydrogen-bond donors (Lipinski definition) is 1. The summed E-state index contributed by atoms with van der Waals surface area (Å²) >= 11 is 0. The van der Waals surface area contributed by atoms with Crippen molar-refractivity contribution in [3.63, 3.8) is 0 Å². The molecule has 5 nitrogen and oxygen atoms in total. The Labute approximate surface area is 172 Å². The maximum atomic E-state index is 13.8. The van der Waals surface area contributed by atoms with Crippen molar-refractivity contribution in [2.24, 2.45) is 0 Å². The molecule has 2 heterocycles. The van der Waals surface area contributed by atoms with Gasteiger partial charge < -0.3 is 10.2 Å². The predicted octanol–water partition coefficient (Wildman–Crippen LogP) is 3.76. The van der Waals surface area contributed by atoms with Gasteiger partial charge in [0.05, 0.1) is 23.7 Å². The van der Waals surface area contributed by atoms with E-state index in [-0.39, 0.29) is 37.1 Å². The second kappa shape index (κ2) is 8.41. The van der Waals surface area contributed by atoms with E-state index in [1.54, 1.807) is 53.6 Å². The Bertz CT molecular complexity index is 1090. The highest BCUT2D eigenvalue weighted by atomic mass is 19.1. The first-order chi connectivity index (χ1) is 14.5. The summed E-state index contributed by atoms with van der Waals surface area (Å²) < 4.78 is 27.0. The van der Waals surface area contributed by atoms with Crippen LogP contribution in [0.2, 0.25) is 0 Å². The van der Waals surface area contributed by atoms with Crippen molar-refractivity contribution in [3.05, 3.63) is 101 Å². The maximum absolute atomic E-state index is 13.8. The maximum Gasteiger partial charge on any atom is 0.256 e. The molecule has 0 fully saturated rings. The molecule has 0 spiro atoms. The highest BCUT2D eigenvalue weighted by molar-refractivity contribution is 5.99. The number of amides is 2. The standard InChI is InChI=1S/C23H19F2N3O2/c24-17-9-7-15(8-10-17)14-28-20(22-18(23(28)30)5-3-11-26-22)12-21(29)27-13-16-4-1-2-6-19(16)25/h1-11,20H,12-14H2,(H,27,29)/t20-/m0/s1. The van der Waals surface area contributed by atoms with Gasteiger partial charge in [0, 0.05) is 24.8 Å². The van der Waals surface area contributed by atoms with Gasteiger partial charge in [0.1, 0.15) is 11.6 Å². The first kappa shape index (κ1) is 19.7. The second-order valence-corrected chi connectivity index (χ2v) is 7.08. The van der Waals surface area contributed by atoms with Gasteiger partial charge in [0.15, 0.2) is 0 Å². The van der Waals surface area contributed by atoms with Crippen molar-refractivity contribution in [2.75, 3.05) is 0 Å². The van der Waals surface area contributed by atoms with E-state index >= 15 is 0 Å². The van der Waals surface area contributed by atoms with Gasteiger partial charge in [-0.2, -0.15) is 0 Å². The minimum Gasteiger partial charge on any atom is -0.352 e. The Morgan fingerprint density at radius 3 is 2.57 bits per heavy atom. The quantitative estimate of drug-likeness (QED) is 0.677. The number of benzene rings is 2. The second-order valence-electron chi connectivity index (χ2n) is 7.08. The average molecular weight is 407 g/mol. The number of carbonyl (C=O) groups excluding carboxylic acids is 2. The molecule has 3 aromatic rings. The molecule has 0 saturated heterocycles. The number of nitrogens with zero attached hydrogens (tertiary/aromatic N) is 2. The molecule has 2 amide bonds. The van der Waals surface area contributed by atoms with Crippen molar-refractivity contribution in [3.8, 4) is 0 Å². The Morgan fingerprint density at radius 1 is 1.03 bits per heavy atom. The van der Waals surface area contributed by atoms with Crippen LogP contribution >= 0.6 is 0 Å². The zero-order valence-corrected chi connectivity index (χ0v) is 16.0. The highest BCUT2D eigenvalue weighted by Crippen LogP contribution is 2.35. The molecule has 0 aliphatic carbocycles. The first-order valence-electron chi connectivity index (χ1n) is 9.53. The molecule has 0 radical (unpaired) electrons. The van der Waals surface area contributed by atoms with Crippen molar-refractivity contribution in [2.45, 2.75) is 25.6 Å². The van der Waals surface area contributed by atoms with Gasteiger partial charge in [-0.05, 0) is 35.9 Å². The summed E-state index contributed by atoms with van der Waals surface area (Å²) in [7, 11) is 0. The van der Waals surface area contributed by atoms with Gasteiger partial charge in [-0.1, -0.05) is 30.3 Å². The molecule has 0 saturated carbocycles. The summed E-state index contributed by atoms with van der Waals surface area (Å²) in [5.41, 5.74) is 2.11. The number of aromatic nitrogens is 1. The summed E-state index contributed by atoms with van der Waals surface area (Å²) in [6.07, 6.45) is 1.57. The lowest BCUT2D eigenvalue weighted by Crippen LogP contribution is -2.32. The number of nitrogens with one attached hydrogen (secondary N) is 1. The number of carbonyl (C=O) groups is 2. The van der Waals surface area contributed by atoms with Crippen LogP contribution in [0.5, 0.6) is 0 Å². The number of pyridine rings is 1. The van der Waals surface area contributed by atoms with E-state index in [0.29, 0.717) is 16.8 Å². The topological polar surface area (TPSA) is 62.3 Å². The van der Waals surface area contributed by atoms with Crippen molar-refractivity contribution >= 4 is 11.8 Å². The van der Waals surface area contributed by atoms with Gasteiger partial charge in [0.25, 0.3) is 5.91 Å². The summed E-state index contributed by atoms with van der Waals surface area (Å²) in [5.74, 6) is -1.30. The normalized spacial score (nSPS) is 15.2. The molecule has 0 unspecified atom stereocenters. The molecular formula is C23H19F2N3O2. The van der Waals surface area contributed by atoms with E-state index in [1.807, 2.05) is 0 Å². The van der Waals surface area contributed by atoms with Crippen molar-refractivity contribution in [1.82, 2.24) is 15.2 Å². The fourth-order valence-electron chi connectivity index (χ4n) is 3.57. The number of rotatable bonds is 6. The molecule has 1 aromatic heterocycles. The van der Waals surface area contributed by atoms with Crippen LogP contribution in [0.15, 0.2) is 66.9 Å². The first-order valence-corrected chi connectivity index (χ1v) is 9.53. The van der Waals surface area contributed by atoms with Gasteiger partial charge >= 0.3 is 0 Å². The van der Waals surface area contributed by atoms with Crippen molar-refractivity contribution in [1.29, 1.82) is 0 Å². The Balaban J connectivity index is 1.51. The lowest BCUT2D eigenvalue weighted by Gasteiger charge is -2.24. The Kier molecular flexibility index (Phi) is 5.52. The molecule has 1 aliphatic rings. The average Bonchev–Trinajstić information content (AvgIpc) is 3.01. The zero-order valence-electron chi connectivity index (χ0n) is 16.0. The smallest absolute Gasteiger partial charge is 0.256 e. The Hall–Kier alpha value is -3.61. The highest BCUT2D eigenvalue weighted by Gasteiger charge is 2.38. The van der Waals surface area contributed by atoms with Gasteiger partial charge in [-0.25, -0.2) is 8.78 Å². The molecule has 2 aromatic carbocycles. The minimum absolute atomic E-state index is 0.00853. The molecule has 152 valence electrons. The lowest BCUT2D eigenvalue weighted by atomic mass is 10.1. The molecular weight excluding hydrogens is 388 g/mol. The van der Waals surface area contributed by atoms with E-state index in [9.17, 15) is 18.4 Å². The third kappa shape index (κ3) is 4.05. The summed E-state index contributed by atoms with van der Waals surface area (Å²) in [5, 5.41) is 2.71. The zero-order chi connectivity index (χ0) is 21.1. The molecule has 4 rings (SSSR count). The fourth-order valence-corrected chi connectivity index (χ4v) is 3.57. The molecule has 0 bridgehead atoms. The lowest BCUT2D eigenvalue weighted by molar-refractivity contribution is -0.122. The van der Waals surface area contributed by atoms with Crippen LogP contribution in [-0.4, -0.2) is 21.7 Å².